The van der Waals surface area contributed by atoms with Gasteiger partial charge in [0, 0.05) is 11.9 Å². The average molecular weight is 238 g/mol. The first-order valence-corrected chi connectivity index (χ1v) is 5.29. The third-order valence-electron chi connectivity index (χ3n) is 2.10. The molecule has 1 amide bonds. The molecule has 0 aromatic carbocycles. The van der Waals surface area contributed by atoms with Gasteiger partial charge in [0.05, 0.1) is 16.7 Å². The molecule has 0 bridgehead atoms. The summed E-state index contributed by atoms with van der Waals surface area (Å²) in [5, 5.41) is 11.6. The number of nitrogens with zero attached hydrogens (tertiary/aromatic N) is 2. The van der Waals surface area contributed by atoms with Crippen molar-refractivity contribution in [2.75, 3.05) is 0 Å². The molecule has 16 heavy (non-hydrogen) atoms. The highest BCUT2D eigenvalue weighted by atomic mass is 35.5. The fourth-order valence-electron chi connectivity index (χ4n) is 1.16. The fraction of sp³-hybridized carbons (Fsp3) is 0.364. The zero-order chi connectivity index (χ0) is 12.1. The minimum Gasteiger partial charge on any atom is -0.336 e. The lowest BCUT2D eigenvalue weighted by molar-refractivity contribution is 0.0944. The van der Waals surface area contributed by atoms with Crippen molar-refractivity contribution in [1.29, 1.82) is 5.26 Å². The molecule has 5 heteroatoms. The predicted octanol–water partition coefficient (Wildman–Crippen LogP) is 2.08. The van der Waals surface area contributed by atoms with E-state index < -0.39 is 6.04 Å². The van der Waals surface area contributed by atoms with Crippen molar-refractivity contribution >= 4 is 17.5 Å². The minimum atomic E-state index is -0.495. The largest absolute Gasteiger partial charge is 0.336 e. The number of hydrogen-bond acceptors (Lipinski definition) is 3. The van der Waals surface area contributed by atoms with E-state index in [9.17, 15) is 4.79 Å². The zero-order valence-electron chi connectivity index (χ0n) is 9.12. The highest BCUT2D eigenvalue weighted by Gasteiger charge is 2.14. The number of pyridine rings is 1. The molecule has 0 aliphatic heterocycles. The molecule has 4 nitrogen and oxygen atoms in total. The van der Waals surface area contributed by atoms with Crippen LogP contribution in [0.15, 0.2) is 12.3 Å². The van der Waals surface area contributed by atoms with Gasteiger partial charge in [0.25, 0.3) is 5.91 Å². The number of nitriles is 1. The standard InChI is InChI=1S/C11H12ClN3O/c1-3-8(5-13)15-11(16)9-6-14-7(2)4-10(9)12/h4,6,8H,3H2,1-2H3,(H,15,16). The Labute approximate surface area is 99.2 Å². The molecule has 0 aliphatic rings. The van der Waals surface area contributed by atoms with Crippen molar-refractivity contribution in [2.24, 2.45) is 0 Å². The Kier molecular flexibility index (Phi) is 4.27. The van der Waals surface area contributed by atoms with Crippen molar-refractivity contribution in [2.45, 2.75) is 26.3 Å². The van der Waals surface area contributed by atoms with Gasteiger partial charge < -0.3 is 5.32 Å². The van der Waals surface area contributed by atoms with E-state index in [-0.39, 0.29) is 5.91 Å². The summed E-state index contributed by atoms with van der Waals surface area (Å²) in [6, 6.07) is 3.11. The van der Waals surface area contributed by atoms with E-state index in [0.29, 0.717) is 17.0 Å². The van der Waals surface area contributed by atoms with Gasteiger partial charge in [0.1, 0.15) is 6.04 Å². The maximum atomic E-state index is 11.7. The summed E-state index contributed by atoms with van der Waals surface area (Å²) in [7, 11) is 0. The van der Waals surface area contributed by atoms with E-state index >= 15 is 0 Å². The molecule has 1 aromatic rings. The Morgan fingerprint density at radius 3 is 2.94 bits per heavy atom. The molecule has 1 unspecified atom stereocenters. The van der Waals surface area contributed by atoms with Gasteiger partial charge >= 0.3 is 0 Å². The van der Waals surface area contributed by atoms with Crippen LogP contribution < -0.4 is 5.32 Å². The maximum Gasteiger partial charge on any atom is 0.255 e. The molecule has 1 N–H and O–H groups in total. The molecule has 0 spiro atoms. The smallest absolute Gasteiger partial charge is 0.255 e. The Morgan fingerprint density at radius 2 is 2.44 bits per heavy atom. The number of aromatic nitrogens is 1. The number of carbonyl (C=O) groups excluding carboxylic acids is 1. The van der Waals surface area contributed by atoms with Crippen molar-refractivity contribution < 1.29 is 4.79 Å². The van der Waals surface area contributed by atoms with Crippen LogP contribution in [0.3, 0.4) is 0 Å². The summed E-state index contributed by atoms with van der Waals surface area (Å²) in [5.74, 6) is -0.370. The molecular weight excluding hydrogens is 226 g/mol. The van der Waals surface area contributed by atoms with Crippen molar-refractivity contribution in [3.05, 3.63) is 28.5 Å². The molecule has 0 aliphatic carbocycles. The summed E-state index contributed by atoms with van der Waals surface area (Å²) in [6.45, 7) is 3.61. The zero-order valence-corrected chi connectivity index (χ0v) is 9.88. The predicted molar refractivity (Wildman–Crippen MR) is 61.1 cm³/mol. The second-order valence-corrected chi connectivity index (χ2v) is 3.78. The second kappa shape index (κ2) is 5.47. The fourth-order valence-corrected chi connectivity index (χ4v) is 1.45. The number of carbonyl (C=O) groups is 1. The topological polar surface area (TPSA) is 65.8 Å². The minimum absolute atomic E-state index is 0.293. The highest BCUT2D eigenvalue weighted by Crippen LogP contribution is 2.15. The van der Waals surface area contributed by atoms with Crippen LogP contribution in [0.2, 0.25) is 5.02 Å². The normalized spacial score (nSPS) is 11.6. The lowest BCUT2D eigenvalue weighted by Gasteiger charge is -2.09. The summed E-state index contributed by atoms with van der Waals surface area (Å²) in [5.41, 5.74) is 1.04. The molecule has 0 fully saturated rings. The maximum absolute atomic E-state index is 11.7. The van der Waals surface area contributed by atoms with Crippen LogP contribution in [0.25, 0.3) is 0 Å². The Bertz CT molecular complexity index is 439. The molecule has 0 radical (unpaired) electrons. The SMILES string of the molecule is CCC(C#N)NC(=O)c1cnc(C)cc1Cl. The highest BCUT2D eigenvalue weighted by molar-refractivity contribution is 6.33. The first-order chi connectivity index (χ1) is 7.58. The Morgan fingerprint density at radius 1 is 1.75 bits per heavy atom. The average Bonchev–Trinajstić information content (AvgIpc) is 2.25. The van der Waals surface area contributed by atoms with Crippen LogP contribution in [0.5, 0.6) is 0 Å². The van der Waals surface area contributed by atoms with Gasteiger partial charge in [-0.3, -0.25) is 9.78 Å². The van der Waals surface area contributed by atoms with Crippen LogP contribution in [-0.2, 0) is 0 Å². The summed E-state index contributed by atoms with van der Waals surface area (Å²) >= 11 is 5.91. The van der Waals surface area contributed by atoms with E-state index in [1.807, 2.05) is 13.0 Å². The van der Waals surface area contributed by atoms with Crippen molar-refractivity contribution in [3.8, 4) is 6.07 Å². The monoisotopic (exact) mass is 237 g/mol. The molecule has 0 saturated carbocycles. The van der Waals surface area contributed by atoms with Crippen LogP contribution >= 0.6 is 11.6 Å². The van der Waals surface area contributed by atoms with Gasteiger partial charge in [-0.1, -0.05) is 18.5 Å². The third-order valence-corrected chi connectivity index (χ3v) is 2.42. The quantitative estimate of drug-likeness (QED) is 0.875. The Hall–Kier alpha value is -1.60. The van der Waals surface area contributed by atoms with E-state index in [1.54, 1.807) is 13.0 Å². The molecule has 1 aromatic heterocycles. The lowest BCUT2D eigenvalue weighted by atomic mass is 10.2. The van der Waals surface area contributed by atoms with Crippen LogP contribution in [0.1, 0.15) is 29.4 Å². The first-order valence-electron chi connectivity index (χ1n) is 4.91. The molecule has 0 saturated heterocycles. The molecule has 1 rings (SSSR count). The van der Waals surface area contributed by atoms with Crippen molar-refractivity contribution in [1.82, 2.24) is 10.3 Å². The van der Waals surface area contributed by atoms with E-state index in [0.717, 1.165) is 5.69 Å². The van der Waals surface area contributed by atoms with E-state index in [4.69, 9.17) is 16.9 Å². The van der Waals surface area contributed by atoms with Crippen LogP contribution in [0, 0.1) is 18.3 Å². The molecule has 1 atom stereocenters. The summed E-state index contributed by atoms with van der Waals surface area (Å²) in [4.78, 5) is 15.7. The molecule has 84 valence electrons. The first kappa shape index (κ1) is 12.5. The molecular formula is C11H12ClN3O. The number of halogens is 1. The third kappa shape index (κ3) is 2.94. The van der Waals surface area contributed by atoms with Gasteiger partial charge in [-0.05, 0) is 19.4 Å². The van der Waals surface area contributed by atoms with Gasteiger partial charge in [-0.25, -0.2) is 0 Å². The Balaban J connectivity index is 2.85. The number of rotatable bonds is 3. The van der Waals surface area contributed by atoms with E-state index in [1.165, 1.54) is 6.20 Å². The van der Waals surface area contributed by atoms with Gasteiger partial charge in [-0.15, -0.1) is 0 Å². The second-order valence-electron chi connectivity index (χ2n) is 3.37. The summed E-state index contributed by atoms with van der Waals surface area (Å²) in [6.07, 6.45) is 1.97. The van der Waals surface area contributed by atoms with Crippen molar-refractivity contribution in [3.63, 3.8) is 0 Å². The lowest BCUT2D eigenvalue weighted by Crippen LogP contribution is -2.33. The van der Waals surface area contributed by atoms with Crippen LogP contribution in [-0.4, -0.2) is 16.9 Å². The van der Waals surface area contributed by atoms with Gasteiger partial charge in [0.15, 0.2) is 0 Å². The number of aryl methyl sites for hydroxylation is 1. The summed E-state index contributed by atoms with van der Waals surface area (Å²) < 4.78 is 0. The van der Waals surface area contributed by atoms with Gasteiger partial charge in [-0.2, -0.15) is 5.26 Å². The molecule has 1 heterocycles. The van der Waals surface area contributed by atoms with Gasteiger partial charge in [0.2, 0.25) is 0 Å². The van der Waals surface area contributed by atoms with E-state index in [2.05, 4.69) is 10.3 Å². The van der Waals surface area contributed by atoms with Crippen LogP contribution in [0.4, 0.5) is 0 Å². The number of hydrogen-bond donors (Lipinski definition) is 1. The number of amides is 1. The number of nitrogens with one attached hydrogen (secondary N) is 1.